The lowest BCUT2D eigenvalue weighted by molar-refractivity contribution is -0.133. The van der Waals surface area contributed by atoms with E-state index < -0.39 is 0 Å². The number of carbonyl (C=O) groups excluding carboxylic acids is 1. The zero-order valence-electron chi connectivity index (χ0n) is 13.0. The molecule has 1 amide bonds. The highest BCUT2D eigenvalue weighted by Crippen LogP contribution is 2.22. The SMILES string of the molecule is O=C(C[C@@H]1CCOC1)N1CCC(CN2CCOCC2)CC1. The molecule has 0 N–H and O–H groups in total. The molecule has 0 bridgehead atoms. The second-order valence-corrected chi connectivity index (χ2v) is 6.67. The van der Waals surface area contributed by atoms with Crippen LogP contribution in [0.4, 0.5) is 0 Å². The van der Waals surface area contributed by atoms with Crippen LogP contribution in [0, 0.1) is 11.8 Å². The molecule has 0 radical (unpaired) electrons. The van der Waals surface area contributed by atoms with Crippen molar-refractivity contribution in [1.82, 2.24) is 9.80 Å². The fourth-order valence-electron chi connectivity index (χ4n) is 3.63. The number of morpholine rings is 1. The monoisotopic (exact) mass is 296 g/mol. The molecule has 1 atom stereocenters. The lowest BCUT2D eigenvalue weighted by Crippen LogP contribution is -2.44. The van der Waals surface area contributed by atoms with Crippen molar-refractivity contribution in [3.8, 4) is 0 Å². The number of piperidine rings is 1. The van der Waals surface area contributed by atoms with Gasteiger partial charge in [0, 0.05) is 52.4 Å². The third-order valence-corrected chi connectivity index (χ3v) is 5.07. The summed E-state index contributed by atoms with van der Waals surface area (Å²) in [7, 11) is 0. The first kappa shape index (κ1) is 15.3. The Labute approximate surface area is 127 Å². The van der Waals surface area contributed by atoms with E-state index in [0.717, 1.165) is 77.8 Å². The number of likely N-dealkylation sites (tertiary alicyclic amines) is 1. The molecule has 3 aliphatic heterocycles. The molecular formula is C16H28N2O3. The Kier molecular flexibility index (Phi) is 5.49. The Morgan fingerprint density at radius 2 is 1.67 bits per heavy atom. The van der Waals surface area contributed by atoms with Crippen LogP contribution in [0.2, 0.25) is 0 Å². The summed E-state index contributed by atoms with van der Waals surface area (Å²) < 4.78 is 10.8. The number of rotatable bonds is 4. The fourth-order valence-corrected chi connectivity index (χ4v) is 3.63. The third kappa shape index (κ3) is 4.41. The second-order valence-electron chi connectivity index (χ2n) is 6.67. The molecule has 0 aromatic rings. The quantitative estimate of drug-likeness (QED) is 0.776. The van der Waals surface area contributed by atoms with Gasteiger partial charge in [-0.05, 0) is 31.1 Å². The van der Waals surface area contributed by atoms with Crippen LogP contribution in [-0.4, -0.2) is 74.9 Å². The summed E-state index contributed by atoms with van der Waals surface area (Å²) in [6.45, 7) is 8.58. The van der Waals surface area contributed by atoms with Gasteiger partial charge in [-0.1, -0.05) is 0 Å². The zero-order valence-corrected chi connectivity index (χ0v) is 13.0. The van der Waals surface area contributed by atoms with Gasteiger partial charge in [0.15, 0.2) is 0 Å². The fraction of sp³-hybridized carbons (Fsp3) is 0.938. The molecule has 0 aliphatic carbocycles. The molecule has 5 heteroatoms. The number of nitrogens with zero attached hydrogens (tertiary/aromatic N) is 2. The second kappa shape index (κ2) is 7.56. The van der Waals surface area contributed by atoms with E-state index in [0.29, 0.717) is 18.2 Å². The number of amides is 1. The molecule has 0 aromatic carbocycles. The van der Waals surface area contributed by atoms with Crippen molar-refractivity contribution in [2.24, 2.45) is 11.8 Å². The minimum Gasteiger partial charge on any atom is -0.381 e. The van der Waals surface area contributed by atoms with Crippen LogP contribution in [0.15, 0.2) is 0 Å². The molecule has 3 rings (SSSR count). The lowest BCUT2D eigenvalue weighted by Gasteiger charge is -2.36. The van der Waals surface area contributed by atoms with Crippen molar-refractivity contribution in [2.75, 3.05) is 59.2 Å². The summed E-state index contributed by atoms with van der Waals surface area (Å²) in [5, 5.41) is 0. The average molecular weight is 296 g/mol. The van der Waals surface area contributed by atoms with Crippen LogP contribution < -0.4 is 0 Å². The Morgan fingerprint density at radius 3 is 2.33 bits per heavy atom. The van der Waals surface area contributed by atoms with E-state index in [1.165, 1.54) is 6.54 Å². The average Bonchev–Trinajstić information content (AvgIpc) is 3.02. The third-order valence-electron chi connectivity index (χ3n) is 5.07. The first-order valence-corrected chi connectivity index (χ1v) is 8.47. The van der Waals surface area contributed by atoms with Crippen LogP contribution in [0.25, 0.3) is 0 Å². The van der Waals surface area contributed by atoms with Crippen molar-refractivity contribution in [3.63, 3.8) is 0 Å². The molecule has 0 aromatic heterocycles. The van der Waals surface area contributed by atoms with Gasteiger partial charge in [-0.15, -0.1) is 0 Å². The number of hydrogen-bond acceptors (Lipinski definition) is 4. The van der Waals surface area contributed by atoms with Crippen molar-refractivity contribution < 1.29 is 14.3 Å². The lowest BCUT2D eigenvalue weighted by atomic mass is 9.95. The standard InChI is InChI=1S/C16H28N2O3/c19-16(11-15-3-8-21-13-15)18-4-1-14(2-5-18)12-17-6-9-20-10-7-17/h14-15H,1-13H2/t15-/m0/s1. The molecule has 21 heavy (non-hydrogen) atoms. The maximum Gasteiger partial charge on any atom is 0.222 e. The van der Waals surface area contributed by atoms with Gasteiger partial charge in [0.2, 0.25) is 5.91 Å². The van der Waals surface area contributed by atoms with Crippen LogP contribution >= 0.6 is 0 Å². The van der Waals surface area contributed by atoms with E-state index in [1.54, 1.807) is 0 Å². The van der Waals surface area contributed by atoms with Crippen molar-refractivity contribution in [3.05, 3.63) is 0 Å². The number of ether oxygens (including phenoxy) is 2. The Balaban J connectivity index is 1.36. The number of hydrogen-bond donors (Lipinski definition) is 0. The van der Waals surface area contributed by atoms with E-state index in [-0.39, 0.29) is 0 Å². The molecule has 0 unspecified atom stereocenters. The maximum absolute atomic E-state index is 12.3. The molecule has 3 aliphatic rings. The molecule has 3 heterocycles. The van der Waals surface area contributed by atoms with Crippen LogP contribution in [-0.2, 0) is 14.3 Å². The molecule has 0 saturated carbocycles. The zero-order chi connectivity index (χ0) is 14.5. The normalized spacial score (nSPS) is 29.0. The topological polar surface area (TPSA) is 42.0 Å². The first-order valence-electron chi connectivity index (χ1n) is 8.47. The first-order chi connectivity index (χ1) is 10.3. The van der Waals surface area contributed by atoms with Crippen LogP contribution in [0.3, 0.4) is 0 Å². The molecular weight excluding hydrogens is 268 g/mol. The van der Waals surface area contributed by atoms with Gasteiger partial charge in [-0.3, -0.25) is 9.69 Å². The minimum atomic E-state index is 0.343. The highest BCUT2D eigenvalue weighted by atomic mass is 16.5. The highest BCUT2D eigenvalue weighted by molar-refractivity contribution is 5.76. The van der Waals surface area contributed by atoms with Crippen LogP contribution in [0.1, 0.15) is 25.7 Å². The van der Waals surface area contributed by atoms with Gasteiger partial charge in [0.05, 0.1) is 13.2 Å². The largest absolute Gasteiger partial charge is 0.381 e. The molecule has 3 fully saturated rings. The van der Waals surface area contributed by atoms with E-state index in [2.05, 4.69) is 9.80 Å². The molecule has 3 saturated heterocycles. The van der Waals surface area contributed by atoms with Gasteiger partial charge in [0.25, 0.3) is 0 Å². The molecule has 5 nitrogen and oxygen atoms in total. The Hall–Kier alpha value is -0.650. The summed E-state index contributed by atoms with van der Waals surface area (Å²) in [6.07, 6.45) is 4.06. The predicted molar refractivity (Wildman–Crippen MR) is 80.1 cm³/mol. The van der Waals surface area contributed by atoms with Gasteiger partial charge < -0.3 is 14.4 Å². The van der Waals surface area contributed by atoms with Crippen molar-refractivity contribution >= 4 is 5.91 Å². The van der Waals surface area contributed by atoms with E-state index in [9.17, 15) is 4.79 Å². The molecule has 0 spiro atoms. The van der Waals surface area contributed by atoms with E-state index in [1.807, 2.05) is 0 Å². The Morgan fingerprint density at radius 1 is 0.905 bits per heavy atom. The summed E-state index contributed by atoms with van der Waals surface area (Å²) in [6, 6.07) is 0. The van der Waals surface area contributed by atoms with Crippen molar-refractivity contribution in [1.29, 1.82) is 0 Å². The summed E-state index contributed by atoms with van der Waals surface area (Å²) in [5.74, 6) is 1.56. The predicted octanol–water partition coefficient (Wildman–Crippen LogP) is 0.984. The van der Waals surface area contributed by atoms with E-state index >= 15 is 0 Å². The molecule has 120 valence electrons. The van der Waals surface area contributed by atoms with Crippen LogP contribution in [0.5, 0.6) is 0 Å². The summed E-state index contributed by atoms with van der Waals surface area (Å²) in [5.41, 5.74) is 0. The van der Waals surface area contributed by atoms with Gasteiger partial charge in [0.1, 0.15) is 0 Å². The van der Waals surface area contributed by atoms with Gasteiger partial charge in [-0.25, -0.2) is 0 Å². The van der Waals surface area contributed by atoms with Gasteiger partial charge >= 0.3 is 0 Å². The number of carbonyl (C=O) groups is 1. The smallest absolute Gasteiger partial charge is 0.222 e. The van der Waals surface area contributed by atoms with Crippen molar-refractivity contribution in [2.45, 2.75) is 25.7 Å². The summed E-state index contributed by atoms with van der Waals surface area (Å²) >= 11 is 0. The minimum absolute atomic E-state index is 0.343. The summed E-state index contributed by atoms with van der Waals surface area (Å²) in [4.78, 5) is 16.9. The Bertz CT molecular complexity index is 330. The maximum atomic E-state index is 12.3. The van der Waals surface area contributed by atoms with E-state index in [4.69, 9.17) is 9.47 Å². The highest BCUT2D eigenvalue weighted by Gasteiger charge is 2.27. The van der Waals surface area contributed by atoms with Gasteiger partial charge in [-0.2, -0.15) is 0 Å².